The van der Waals surface area contributed by atoms with Crippen LogP contribution in [0.5, 0.6) is 0 Å². The number of quaternary nitrogens is 1. The lowest BCUT2D eigenvalue weighted by Gasteiger charge is -2.37. The molecule has 9 nitrogen and oxygen atoms in total. The number of hydroxylamine groups is 3. The third kappa shape index (κ3) is 6.22. The maximum Gasteiger partial charge on any atom is 0.497 e. The molecule has 1 aliphatic rings. The molecule has 0 atom stereocenters. The van der Waals surface area contributed by atoms with E-state index in [0.717, 1.165) is 11.8 Å². The number of fused-ring (bicyclic) bond motifs is 1. The number of aromatic nitrogens is 2. The Bertz CT molecular complexity index is 1590. The summed E-state index contributed by atoms with van der Waals surface area (Å²) in [6.45, 7) is 0.704. The number of amides is 2. The highest BCUT2D eigenvalue weighted by Gasteiger charge is 2.48. The predicted octanol–water partition coefficient (Wildman–Crippen LogP) is 4.90. The fraction of sp³-hybridized carbons (Fsp3) is 0.241. The summed E-state index contributed by atoms with van der Waals surface area (Å²) in [5.74, 6) is -3.12. The Morgan fingerprint density at radius 2 is 1.63 bits per heavy atom. The van der Waals surface area contributed by atoms with Gasteiger partial charge in [-0.1, -0.05) is 24.3 Å². The zero-order chi connectivity index (χ0) is 29.2. The normalized spacial score (nSPS) is 14.9. The minimum atomic E-state index is -5.06. The first kappa shape index (κ1) is 27.8. The second-order valence-corrected chi connectivity index (χ2v) is 9.98. The second kappa shape index (κ2) is 11.0. The van der Waals surface area contributed by atoms with Crippen molar-refractivity contribution in [2.24, 2.45) is 5.73 Å². The van der Waals surface area contributed by atoms with Crippen molar-refractivity contribution in [2.75, 3.05) is 18.4 Å². The van der Waals surface area contributed by atoms with Crippen molar-refractivity contribution in [3.05, 3.63) is 89.6 Å². The maximum atomic E-state index is 12.9. The molecule has 1 saturated heterocycles. The molecular weight excluding hydrogens is 539 g/mol. The van der Waals surface area contributed by atoms with Gasteiger partial charge in [-0.25, -0.2) is 9.48 Å². The van der Waals surface area contributed by atoms with Gasteiger partial charge >= 0.3 is 12.1 Å². The molecule has 3 N–H and O–H groups in total. The van der Waals surface area contributed by atoms with Crippen LogP contribution in [-0.4, -0.2) is 51.5 Å². The van der Waals surface area contributed by atoms with Crippen molar-refractivity contribution < 1.29 is 37.0 Å². The van der Waals surface area contributed by atoms with Gasteiger partial charge in [-0.15, -0.1) is 4.65 Å². The second-order valence-electron chi connectivity index (χ2n) is 9.98. The van der Waals surface area contributed by atoms with Gasteiger partial charge in [-0.05, 0) is 48.9 Å². The molecule has 12 heteroatoms. The topological polar surface area (TPSA) is 116 Å². The Balaban J connectivity index is 1.25. The predicted molar refractivity (Wildman–Crippen MR) is 144 cm³/mol. The molecule has 4 aromatic rings. The van der Waals surface area contributed by atoms with Crippen molar-refractivity contribution in [1.29, 1.82) is 0 Å². The largest absolute Gasteiger partial charge is 0.497 e. The third-order valence-electron chi connectivity index (χ3n) is 7.02. The first-order chi connectivity index (χ1) is 19.5. The molecule has 2 heterocycles. The Hall–Kier alpha value is -4.71. The van der Waals surface area contributed by atoms with Crippen LogP contribution in [-0.2, 0) is 16.2 Å². The van der Waals surface area contributed by atoms with Crippen LogP contribution in [0.15, 0.2) is 72.9 Å². The summed E-state index contributed by atoms with van der Waals surface area (Å²) in [6, 6.07) is 18.6. The van der Waals surface area contributed by atoms with Gasteiger partial charge in [0.2, 0.25) is 0 Å². The third-order valence-corrected chi connectivity index (χ3v) is 7.02. The Kier molecular flexibility index (Phi) is 7.50. The van der Waals surface area contributed by atoms with E-state index >= 15 is 0 Å². The molecule has 1 fully saturated rings. The van der Waals surface area contributed by atoms with Crippen LogP contribution < -0.4 is 11.1 Å². The van der Waals surface area contributed by atoms with E-state index in [0.29, 0.717) is 59.5 Å². The van der Waals surface area contributed by atoms with Gasteiger partial charge in [0.05, 0.1) is 11.3 Å². The van der Waals surface area contributed by atoms with Gasteiger partial charge in [-0.3, -0.25) is 14.4 Å². The van der Waals surface area contributed by atoms with Gasteiger partial charge in [0.25, 0.3) is 11.8 Å². The summed E-state index contributed by atoms with van der Waals surface area (Å²) >= 11 is 0. The maximum absolute atomic E-state index is 12.9. The van der Waals surface area contributed by atoms with Crippen molar-refractivity contribution in [2.45, 2.75) is 32.0 Å². The number of benzene rings is 3. The number of hydrogen-bond donors (Lipinski definition) is 2. The number of primary amides is 1. The van der Waals surface area contributed by atoms with Crippen molar-refractivity contribution in [1.82, 2.24) is 9.78 Å². The SMILES string of the molecule is NC(=O)c1cccc2cn(-c3ccc(C(=O)Nc4ccc(C[N+]5(OC(=O)C(F)(F)F)CCCCC5)cc4)cc3)nc12. The summed E-state index contributed by atoms with van der Waals surface area (Å²) in [7, 11) is 0. The first-order valence-electron chi connectivity index (χ1n) is 13.0. The fourth-order valence-corrected chi connectivity index (χ4v) is 4.97. The van der Waals surface area contributed by atoms with Crippen LogP contribution in [0.3, 0.4) is 0 Å². The molecule has 0 spiro atoms. The van der Waals surface area contributed by atoms with Crippen molar-refractivity contribution >= 4 is 34.4 Å². The molecule has 0 saturated carbocycles. The van der Waals surface area contributed by atoms with Gasteiger partial charge in [-0.2, -0.15) is 18.3 Å². The summed E-state index contributed by atoms with van der Waals surface area (Å²) in [5.41, 5.74) is 8.49. The molecule has 0 radical (unpaired) electrons. The number of nitrogens with two attached hydrogens (primary N) is 1. The van der Waals surface area contributed by atoms with Gasteiger partial charge in [0, 0.05) is 41.2 Å². The molecule has 212 valence electrons. The van der Waals surface area contributed by atoms with Crippen molar-refractivity contribution in [3.8, 4) is 5.69 Å². The van der Waals surface area contributed by atoms with E-state index < -0.39 is 22.7 Å². The fourth-order valence-electron chi connectivity index (χ4n) is 4.97. The summed E-state index contributed by atoms with van der Waals surface area (Å²) < 4.78 is 39.8. The molecule has 0 aliphatic carbocycles. The molecule has 0 bridgehead atoms. The van der Waals surface area contributed by atoms with E-state index in [2.05, 4.69) is 10.4 Å². The molecule has 2 amide bonds. The standard InChI is InChI=1S/C29H26F3N5O4/c30-29(31,32)28(40)41-37(15-2-1-3-16-37)18-19-7-11-22(12-8-19)34-27(39)20-9-13-23(14-10-20)36-17-21-5-4-6-24(26(33)38)25(21)35-36/h4-14,17H,1-3,15-16,18H2,(H2-,33,34,38,39)/p+1. The molecular formula is C29H27F3N5O4+. The van der Waals surface area contributed by atoms with Crippen LogP contribution in [0.25, 0.3) is 16.6 Å². The van der Waals surface area contributed by atoms with Crippen LogP contribution in [0, 0.1) is 0 Å². The van der Waals surface area contributed by atoms with Crippen LogP contribution in [0.2, 0.25) is 0 Å². The number of likely N-dealkylation sites (tertiary alicyclic amines) is 1. The van der Waals surface area contributed by atoms with Crippen LogP contribution in [0.4, 0.5) is 18.9 Å². The monoisotopic (exact) mass is 566 g/mol. The average molecular weight is 567 g/mol. The van der Waals surface area contributed by atoms with Crippen LogP contribution >= 0.6 is 0 Å². The lowest BCUT2D eigenvalue weighted by Crippen LogP contribution is -2.53. The van der Waals surface area contributed by atoms with E-state index in [-0.39, 0.29) is 12.5 Å². The van der Waals surface area contributed by atoms with Gasteiger partial charge in [0.1, 0.15) is 25.2 Å². The number of nitrogens with zero attached hydrogens (tertiary/aromatic N) is 3. The smallest absolute Gasteiger partial charge is 0.366 e. The van der Waals surface area contributed by atoms with Gasteiger partial charge < -0.3 is 11.1 Å². The first-order valence-corrected chi connectivity index (χ1v) is 13.0. The highest BCUT2D eigenvalue weighted by Crippen LogP contribution is 2.28. The van der Waals surface area contributed by atoms with E-state index in [1.54, 1.807) is 71.5 Å². The highest BCUT2D eigenvalue weighted by molar-refractivity contribution is 6.05. The zero-order valence-electron chi connectivity index (χ0n) is 21.9. The minimum absolute atomic E-state index is 0.0981. The Morgan fingerprint density at radius 1 is 0.951 bits per heavy atom. The highest BCUT2D eigenvalue weighted by atomic mass is 19.4. The molecule has 5 rings (SSSR count). The Morgan fingerprint density at radius 3 is 2.27 bits per heavy atom. The number of carbonyl (C=O) groups excluding carboxylic acids is 3. The lowest BCUT2D eigenvalue weighted by molar-refractivity contribution is -1.10. The summed E-state index contributed by atoms with van der Waals surface area (Å²) in [6.07, 6.45) is -1.12. The number of rotatable bonds is 7. The number of carbonyl (C=O) groups is 3. The molecule has 0 unspecified atom stereocenters. The summed E-state index contributed by atoms with van der Waals surface area (Å²) in [5, 5.41) is 8.01. The molecule has 1 aliphatic heterocycles. The quantitative estimate of drug-likeness (QED) is 0.309. The molecule has 3 aromatic carbocycles. The van der Waals surface area contributed by atoms with E-state index in [9.17, 15) is 27.6 Å². The number of anilines is 1. The number of nitrogens with one attached hydrogen (secondary N) is 1. The van der Waals surface area contributed by atoms with Crippen molar-refractivity contribution in [3.63, 3.8) is 0 Å². The lowest BCUT2D eigenvalue weighted by atomic mass is 10.1. The number of piperidine rings is 1. The van der Waals surface area contributed by atoms with E-state index in [1.165, 1.54) is 0 Å². The minimum Gasteiger partial charge on any atom is -0.366 e. The number of alkyl halides is 3. The van der Waals surface area contributed by atoms with E-state index in [4.69, 9.17) is 10.6 Å². The Labute approximate surface area is 232 Å². The summed E-state index contributed by atoms with van der Waals surface area (Å²) in [4.78, 5) is 41.1. The zero-order valence-corrected chi connectivity index (χ0v) is 21.9. The van der Waals surface area contributed by atoms with E-state index in [1.807, 2.05) is 6.07 Å². The van der Waals surface area contributed by atoms with Gasteiger partial charge in [0.15, 0.2) is 0 Å². The number of halogens is 3. The molecule has 41 heavy (non-hydrogen) atoms. The average Bonchev–Trinajstić information content (AvgIpc) is 3.38. The van der Waals surface area contributed by atoms with Crippen LogP contribution in [0.1, 0.15) is 45.5 Å². The number of hydrogen-bond acceptors (Lipinski definition) is 5. The molecule has 1 aromatic heterocycles.